The molecule has 3 N–H and O–H groups in total. The number of carbonyl (C=O) groups excluding carboxylic acids is 2. The van der Waals surface area contributed by atoms with Gasteiger partial charge in [-0.25, -0.2) is 4.39 Å². The van der Waals surface area contributed by atoms with Crippen LogP contribution >= 0.6 is 10.2 Å². The van der Waals surface area contributed by atoms with Gasteiger partial charge in [0, 0.05) is 30.4 Å². The number of aromatic nitrogens is 1. The average Bonchev–Trinajstić information content (AvgIpc) is 3.25. The summed E-state index contributed by atoms with van der Waals surface area (Å²) in [5.74, 6) is -2.56. The van der Waals surface area contributed by atoms with E-state index in [1.165, 1.54) is 6.92 Å². The molecule has 2 aromatic carbocycles. The van der Waals surface area contributed by atoms with Crippen LogP contribution in [0.25, 0.3) is 0 Å². The van der Waals surface area contributed by atoms with Gasteiger partial charge in [0.05, 0.1) is 23.9 Å². The number of amides is 2. The molecule has 3 unspecified atom stereocenters. The molecule has 7 nitrogen and oxygen atoms in total. The maximum atomic E-state index is 14.3. The van der Waals surface area contributed by atoms with Crippen LogP contribution in [0.4, 0.5) is 29.5 Å². The van der Waals surface area contributed by atoms with E-state index < -0.39 is 56.5 Å². The number of β-amino-alcohol motifs (C(OH)–C–C–N with tert-alkyl or cyclic N) is 1. The SMILES string of the molecule is C[C@H](NC(=O)C(c1cncc(F)c1)N(C(=O)C1CC(C)(O)CN1)c1ccc(S(F)(F)(F)(F)F)cc1)c1ccccc1. The minimum Gasteiger partial charge on any atom is -0.389 e. The number of rotatable bonds is 8. The van der Waals surface area contributed by atoms with Crippen LogP contribution in [0.5, 0.6) is 0 Å². The molecule has 4 atom stereocenters. The first-order valence-electron chi connectivity index (χ1n) is 12.4. The molecule has 1 aromatic heterocycles. The maximum Gasteiger partial charge on any atom is 0.310 e. The van der Waals surface area contributed by atoms with Crippen LogP contribution in [0.3, 0.4) is 0 Å². The maximum absolute atomic E-state index is 14.3. The van der Waals surface area contributed by atoms with Crippen molar-refractivity contribution in [3.63, 3.8) is 0 Å². The molecule has 2 heterocycles. The van der Waals surface area contributed by atoms with E-state index in [-0.39, 0.29) is 36.3 Å². The van der Waals surface area contributed by atoms with E-state index in [4.69, 9.17) is 0 Å². The van der Waals surface area contributed by atoms with E-state index in [2.05, 4.69) is 15.6 Å². The number of carbonyl (C=O) groups is 2. The monoisotopic (exact) mass is 602 g/mol. The summed E-state index contributed by atoms with van der Waals surface area (Å²) in [6.45, 7) is 3.10. The first kappa shape index (κ1) is 30.3. The first-order chi connectivity index (χ1) is 18.8. The van der Waals surface area contributed by atoms with E-state index in [0.29, 0.717) is 17.7 Å². The normalized spacial score (nSPS) is 22.2. The summed E-state index contributed by atoms with van der Waals surface area (Å²) in [5, 5.41) is 16.0. The Hall–Kier alpha value is -3.62. The quantitative estimate of drug-likeness (QED) is 0.278. The van der Waals surface area contributed by atoms with E-state index >= 15 is 0 Å². The molecular weight excluding hydrogens is 574 g/mol. The van der Waals surface area contributed by atoms with Gasteiger partial charge in [-0.05, 0) is 49.7 Å². The van der Waals surface area contributed by atoms with Gasteiger partial charge >= 0.3 is 10.2 Å². The Morgan fingerprint density at radius 3 is 2.22 bits per heavy atom. The smallest absolute Gasteiger partial charge is 0.310 e. The van der Waals surface area contributed by atoms with Crippen molar-refractivity contribution in [1.82, 2.24) is 15.6 Å². The van der Waals surface area contributed by atoms with E-state index in [0.717, 1.165) is 23.4 Å². The molecule has 14 heteroatoms. The molecule has 2 amide bonds. The highest BCUT2D eigenvalue weighted by Gasteiger charge is 2.65. The predicted molar refractivity (Wildman–Crippen MR) is 142 cm³/mol. The molecule has 0 aliphatic carbocycles. The van der Waals surface area contributed by atoms with Gasteiger partial charge < -0.3 is 15.7 Å². The zero-order valence-corrected chi connectivity index (χ0v) is 22.7. The van der Waals surface area contributed by atoms with Crippen molar-refractivity contribution >= 4 is 27.7 Å². The van der Waals surface area contributed by atoms with Gasteiger partial charge in [-0.15, -0.1) is 0 Å². The van der Waals surface area contributed by atoms with Crippen molar-refractivity contribution in [2.24, 2.45) is 0 Å². The summed E-state index contributed by atoms with van der Waals surface area (Å²) in [6.07, 6.45) is 1.85. The van der Waals surface area contributed by atoms with Crippen molar-refractivity contribution < 1.29 is 38.5 Å². The average molecular weight is 603 g/mol. The number of nitrogens with zero attached hydrogens (tertiary/aromatic N) is 2. The van der Waals surface area contributed by atoms with Gasteiger partial charge in [0.25, 0.3) is 0 Å². The highest BCUT2D eigenvalue weighted by molar-refractivity contribution is 8.45. The van der Waals surface area contributed by atoms with E-state index in [1.807, 2.05) is 0 Å². The van der Waals surface area contributed by atoms with Crippen LogP contribution in [0.2, 0.25) is 0 Å². The second kappa shape index (κ2) is 10.0. The molecule has 0 radical (unpaired) electrons. The van der Waals surface area contributed by atoms with Gasteiger partial charge in [-0.2, -0.15) is 0 Å². The molecule has 1 saturated heterocycles. The Morgan fingerprint density at radius 2 is 1.68 bits per heavy atom. The van der Waals surface area contributed by atoms with E-state index in [9.17, 15) is 38.5 Å². The molecule has 0 saturated carbocycles. The van der Waals surface area contributed by atoms with E-state index in [1.54, 1.807) is 37.3 Å². The van der Waals surface area contributed by atoms with Gasteiger partial charge in [-0.1, -0.05) is 49.8 Å². The molecule has 3 aromatic rings. The molecule has 1 aliphatic rings. The fraction of sp³-hybridized carbons (Fsp3) is 0.296. The second-order valence-corrected chi connectivity index (χ2v) is 12.7. The molecule has 4 rings (SSSR count). The van der Waals surface area contributed by atoms with Gasteiger partial charge in [0.1, 0.15) is 16.8 Å². The fourth-order valence-electron chi connectivity index (χ4n) is 4.65. The highest BCUT2D eigenvalue weighted by atomic mass is 32.5. The van der Waals surface area contributed by atoms with Gasteiger partial charge in [0.15, 0.2) is 0 Å². The third kappa shape index (κ3) is 7.18. The summed E-state index contributed by atoms with van der Waals surface area (Å²) in [4.78, 5) is 30.1. The number of nitrogens with one attached hydrogen (secondary N) is 2. The zero-order valence-electron chi connectivity index (χ0n) is 21.9. The van der Waals surface area contributed by atoms with Crippen LogP contribution in [0.1, 0.15) is 43.5 Å². The lowest BCUT2D eigenvalue weighted by Crippen LogP contribution is -2.50. The molecule has 0 bridgehead atoms. The Bertz CT molecular complexity index is 1440. The Balaban J connectivity index is 1.83. The minimum absolute atomic E-state index is 0.0101. The summed E-state index contributed by atoms with van der Waals surface area (Å²) in [6, 6.07) is 7.76. The number of pyridine rings is 1. The first-order valence-corrected chi connectivity index (χ1v) is 14.4. The number of hydrogen-bond acceptors (Lipinski definition) is 5. The van der Waals surface area contributed by atoms with Crippen molar-refractivity contribution in [3.05, 3.63) is 90.0 Å². The number of hydrogen-bond donors (Lipinski definition) is 3. The van der Waals surface area contributed by atoms with Crippen LogP contribution in [-0.4, -0.2) is 40.1 Å². The summed E-state index contributed by atoms with van der Waals surface area (Å²) in [7, 11) is -10.1. The minimum atomic E-state index is -10.1. The van der Waals surface area contributed by atoms with Crippen molar-refractivity contribution in [3.8, 4) is 0 Å². The fourth-order valence-corrected chi connectivity index (χ4v) is 5.30. The standard InChI is InChI=1S/C27H28F6N4O3S/c1-17(18-6-4-3-5-7-18)36-25(38)24(19-12-20(28)15-34-14-19)37(26(39)23-13-27(2,40)16-35-23)21-8-10-22(11-9-21)41(29,30,31,32)33/h3-12,14-15,17,23-24,35,40H,13,16H2,1-2H3,(H,36,38)/t17-,23?,24?,27?/m0/s1. The third-order valence-corrected chi connectivity index (χ3v) is 7.84. The van der Waals surface area contributed by atoms with Crippen LogP contribution < -0.4 is 15.5 Å². The molecular formula is C27H28F6N4O3S. The van der Waals surface area contributed by atoms with Gasteiger partial charge in [0.2, 0.25) is 11.8 Å². The third-order valence-electron chi connectivity index (χ3n) is 6.68. The highest BCUT2D eigenvalue weighted by Crippen LogP contribution is 3.02. The number of halogens is 6. The van der Waals surface area contributed by atoms with Crippen molar-refractivity contribution in [1.29, 1.82) is 0 Å². The van der Waals surface area contributed by atoms with Crippen molar-refractivity contribution in [2.45, 2.75) is 48.9 Å². The number of anilines is 1. The summed E-state index contributed by atoms with van der Waals surface area (Å²) in [5.41, 5.74) is -1.11. The predicted octanol–water partition coefficient (Wildman–Crippen LogP) is 5.94. The lowest BCUT2D eigenvalue weighted by Gasteiger charge is -2.41. The summed E-state index contributed by atoms with van der Waals surface area (Å²) >= 11 is 0. The van der Waals surface area contributed by atoms with Crippen LogP contribution in [0, 0.1) is 5.82 Å². The molecule has 41 heavy (non-hydrogen) atoms. The zero-order chi connectivity index (χ0) is 30.3. The molecule has 222 valence electrons. The Morgan fingerprint density at radius 1 is 1.05 bits per heavy atom. The molecule has 0 spiro atoms. The Kier molecular flexibility index (Phi) is 7.42. The lowest BCUT2D eigenvalue weighted by molar-refractivity contribution is -0.127. The molecule has 1 aliphatic heterocycles. The number of aliphatic hydroxyl groups is 1. The second-order valence-electron chi connectivity index (χ2n) is 10.3. The topological polar surface area (TPSA) is 94.6 Å². The Labute approximate surface area is 232 Å². The lowest BCUT2D eigenvalue weighted by atomic mass is 9.99. The van der Waals surface area contributed by atoms with Crippen LogP contribution in [-0.2, 0) is 9.59 Å². The number of benzene rings is 2. The van der Waals surface area contributed by atoms with Crippen LogP contribution in [0.15, 0.2) is 78.0 Å². The van der Waals surface area contributed by atoms with Crippen molar-refractivity contribution in [2.75, 3.05) is 11.4 Å². The largest absolute Gasteiger partial charge is 0.389 e. The van der Waals surface area contributed by atoms with Gasteiger partial charge in [-0.3, -0.25) is 19.5 Å². The molecule has 1 fully saturated rings. The summed E-state index contributed by atoms with van der Waals surface area (Å²) < 4.78 is 81.5.